The number of hydrogen-bond acceptors (Lipinski definition) is 4. The highest BCUT2D eigenvalue weighted by Crippen LogP contribution is 2.42. The summed E-state index contributed by atoms with van der Waals surface area (Å²) < 4.78 is 16.7. The molecular formula is C25H30N2O4. The maximum absolute atomic E-state index is 13.3. The molecule has 4 rings (SSSR count). The molecule has 2 aromatic carbocycles. The Morgan fingerprint density at radius 2 is 1.87 bits per heavy atom. The number of rotatable bonds is 7. The molecule has 0 spiro atoms. The van der Waals surface area contributed by atoms with Gasteiger partial charge in [-0.05, 0) is 23.6 Å². The molecule has 0 saturated carbocycles. The fraction of sp³-hybridized carbons (Fsp3) is 0.400. The normalized spacial score (nSPS) is 15.1. The summed E-state index contributed by atoms with van der Waals surface area (Å²) in [6.07, 6.45) is 3.34. The molecule has 1 atom stereocenters. The molecule has 6 nitrogen and oxygen atoms in total. The largest absolute Gasteiger partial charge is 0.493 e. The van der Waals surface area contributed by atoms with Crippen molar-refractivity contribution in [2.24, 2.45) is 0 Å². The molecule has 0 aliphatic carbocycles. The third-order valence-corrected chi connectivity index (χ3v) is 6.14. The minimum absolute atomic E-state index is 0.124. The van der Waals surface area contributed by atoms with Gasteiger partial charge >= 0.3 is 0 Å². The number of methoxy groups -OCH3 is 2. The number of nitrogens with one attached hydrogen (secondary N) is 1. The lowest BCUT2D eigenvalue weighted by Crippen LogP contribution is -2.41. The third kappa shape index (κ3) is 4.12. The van der Waals surface area contributed by atoms with E-state index < -0.39 is 0 Å². The Kier molecular flexibility index (Phi) is 6.47. The Bertz CT molecular complexity index is 1050. The fourth-order valence-electron chi connectivity index (χ4n) is 4.51. The van der Waals surface area contributed by atoms with Gasteiger partial charge in [0.25, 0.3) is 0 Å². The number of carbonyl (C=O) groups is 1. The number of hydrogen-bond donors (Lipinski definition) is 1. The van der Waals surface area contributed by atoms with Gasteiger partial charge in [-0.25, -0.2) is 0 Å². The first-order chi connectivity index (χ1) is 15.2. The molecule has 1 fully saturated rings. The average molecular weight is 423 g/mol. The van der Waals surface area contributed by atoms with E-state index in [9.17, 15) is 4.79 Å². The second kappa shape index (κ2) is 9.43. The van der Waals surface area contributed by atoms with Crippen LogP contribution in [0.3, 0.4) is 0 Å². The van der Waals surface area contributed by atoms with Gasteiger partial charge in [0.1, 0.15) is 0 Å². The number of H-pyrrole nitrogens is 1. The quantitative estimate of drug-likeness (QED) is 0.622. The molecule has 1 aliphatic rings. The molecule has 0 bridgehead atoms. The molecule has 1 aliphatic heterocycles. The summed E-state index contributed by atoms with van der Waals surface area (Å²) >= 11 is 0. The van der Waals surface area contributed by atoms with Crippen molar-refractivity contribution >= 4 is 16.8 Å². The van der Waals surface area contributed by atoms with Crippen LogP contribution >= 0.6 is 0 Å². The van der Waals surface area contributed by atoms with E-state index in [-0.39, 0.29) is 11.8 Å². The second-order valence-corrected chi connectivity index (χ2v) is 7.77. The summed E-state index contributed by atoms with van der Waals surface area (Å²) in [5, 5.41) is 1.14. The topological polar surface area (TPSA) is 63.8 Å². The minimum Gasteiger partial charge on any atom is -0.493 e. The van der Waals surface area contributed by atoms with Gasteiger partial charge in [-0.3, -0.25) is 4.79 Å². The average Bonchev–Trinajstić information content (AvgIpc) is 3.26. The molecule has 3 aromatic rings. The Balaban J connectivity index is 1.81. The molecule has 164 valence electrons. The molecule has 1 aromatic heterocycles. The van der Waals surface area contributed by atoms with Crippen molar-refractivity contribution in [3.8, 4) is 11.5 Å². The summed E-state index contributed by atoms with van der Waals surface area (Å²) in [7, 11) is 3.28. The zero-order valence-electron chi connectivity index (χ0n) is 18.4. The van der Waals surface area contributed by atoms with Crippen molar-refractivity contribution in [1.29, 1.82) is 0 Å². The molecule has 1 N–H and O–H groups in total. The predicted octanol–water partition coefficient (Wildman–Crippen LogP) is 4.13. The van der Waals surface area contributed by atoms with Crippen LogP contribution in [0.15, 0.2) is 42.6 Å². The number of nitrogens with zero attached hydrogens (tertiary/aromatic N) is 1. The summed E-state index contributed by atoms with van der Waals surface area (Å²) in [6.45, 7) is 4.60. The summed E-state index contributed by atoms with van der Waals surface area (Å²) in [4.78, 5) is 18.6. The van der Waals surface area contributed by atoms with Crippen molar-refractivity contribution in [2.45, 2.75) is 25.7 Å². The van der Waals surface area contributed by atoms with E-state index in [0.717, 1.165) is 28.5 Å². The zero-order chi connectivity index (χ0) is 21.8. The fourth-order valence-corrected chi connectivity index (χ4v) is 4.51. The van der Waals surface area contributed by atoms with Crippen molar-refractivity contribution in [1.82, 2.24) is 9.88 Å². The Hall–Kier alpha value is -2.99. The molecule has 1 amide bonds. The van der Waals surface area contributed by atoms with Crippen LogP contribution in [0, 0.1) is 0 Å². The standard InChI is InChI=1S/C25H30N2O4/c1-4-17-7-5-8-18-21(16-26-24(17)18)20(15-23(28)27-11-13-31-14-12-27)19-9-6-10-22(29-2)25(19)30-3/h5-10,16,20,26H,4,11-15H2,1-3H3/t20-/m0/s1. The first-order valence-electron chi connectivity index (χ1n) is 10.8. The summed E-state index contributed by atoms with van der Waals surface area (Å²) in [6, 6.07) is 12.2. The molecule has 0 unspecified atom stereocenters. The van der Waals surface area contributed by atoms with Crippen LogP contribution < -0.4 is 9.47 Å². The lowest BCUT2D eigenvalue weighted by atomic mass is 9.86. The van der Waals surface area contributed by atoms with Crippen LogP contribution in [-0.4, -0.2) is 56.3 Å². The van der Waals surface area contributed by atoms with Gasteiger partial charge in [0, 0.05) is 48.1 Å². The highest BCUT2D eigenvalue weighted by atomic mass is 16.5. The van der Waals surface area contributed by atoms with Gasteiger partial charge in [-0.1, -0.05) is 37.3 Å². The Morgan fingerprint density at radius 3 is 2.58 bits per heavy atom. The summed E-state index contributed by atoms with van der Waals surface area (Å²) in [5.41, 5.74) is 4.44. The van der Waals surface area contributed by atoms with Crippen LogP contribution in [0.5, 0.6) is 11.5 Å². The van der Waals surface area contributed by atoms with Gasteiger partial charge < -0.3 is 24.1 Å². The van der Waals surface area contributed by atoms with E-state index in [2.05, 4.69) is 30.1 Å². The van der Waals surface area contributed by atoms with E-state index in [1.54, 1.807) is 14.2 Å². The number of aromatic amines is 1. The Morgan fingerprint density at radius 1 is 1.10 bits per heavy atom. The van der Waals surface area contributed by atoms with Crippen molar-refractivity contribution in [3.63, 3.8) is 0 Å². The zero-order valence-corrected chi connectivity index (χ0v) is 18.4. The van der Waals surface area contributed by atoms with E-state index in [4.69, 9.17) is 14.2 Å². The molecule has 31 heavy (non-hydrogen) atoms. The number of ether oxygens (including phenoxy) is 3. The minimum atomic E-state index is -0.166. The highest BCUT2D eigenvalue weighted by Gasteiger charge is 2.28. The van der Waals surface area contributed by atoms with Crippen LogP contribution in [0.25, 0.3) is 10.9 Å². The maximum Gasteiger partial charge on any atom is 0.223 e. The van der Waals surface area contributed by atoms with Crippen LogP contribution in [0.4, 0.5) is 0 Å². The number of fused-ring (bicyclic) bond motifs is 1. The number of aromatic nitrogens is 1. The molecular weight excluding hydrogens is 392 g/mol. The van der Waals surface area contributed by atoms with Gasteiger partial charge in [0.15, 0.2) is 11.5 Å². The molecule has 0 radical (unpaired) electrons. The van der Waals surface area contributed by atoms with Gasteiger partial charge in [-0.2, -0.15) is 0 Å². The van der Waals surface area contributed by atoms with E-state index in [1.165, 1.54) is 5.56 Å². The summed E-state index contributed by atoms with van der Waals surface area (Å²) in [5.74, 6) is 1.30. The lowest BCUT2D eigenvalue weighted by molar-refractivity contribution is -0.135. The SMILES string of the molecule is CCc1cccc2c([C@@H](CC(=O)N3CCOCC3)c3cccc(OC)c3OC)c[nH]c12. The lowest BCUT2D eigenvalue weighted by Gasteiger charge is -2.29. The second-order valence-electron chi connectivity index (χ2n) is 7.77. The van der Waals surface area contributed by atoms with Crippen LogP contribution in [-0.2, 0) is 16.0 Å². The Labute approximate surface area is 183 Å². The number of amides is 1. The van der Waals surface area contributed by atoms with Gasteiger partial charge in [-0.15, -0.1) is 0 Å². The highest BCUT2D eigenvalue weighted by molar-refractivity contribution is 5.88. The monoisotopic (exact) mass is 422 g/mol. The van der Waals surface area contributed by atoms with Crippen molar-refractivity contribution < 1.29 is 19.0 Å². The number of aryl methyl sites for hydroxylation is 1. The molecule has 2 heterocycles. The molecule has 6 heteroatoms. The number of para-hydroxylation sites is 2. The predicted molar refractivity (Wildman–Crippen MR) is 121 cm³/mol. The number of morpholine rings is 1. The van der Waals surface area contributed by atoms with Crippen molar-refractivity contribution in [2.75, 3.05) is 40.5 Å². The number of carbonyl (C=O) groups excluding carboxylic acids is 1. The number of benzene rings is 2. The third-order valence-electron chi connectivity index (χ3n) is 6.14. The van der Waals surface area contributed by atoms with Crippen LogP contribution in [0.1, 0.15) is 36.0 Å². The molecule has 1 saturated heterocycles. The van der Waals surface area contributed by atoms with Crippen molar-refractivity contribution in [3.05, 3.63) is 59.3 Å². The van der Waals surface area contributed by atoms with E-state index >= 15 is 0 Å². The van der Waals surface area contributed by atoms with Crippen LogP contribution in [0.2, 0.25) is 0 Å². The first-order valence-corrected chi connectivity index (χ1v) is 10.8. The van der Waals surface area contributed by atoms with E-state index in [1.807, 2.05) is 29.3 Å². The van der Waals surface area contributed by atoms with Gasteiger partial charge in [0.05, 0.1) is 27.4 Å². The smallest absolute Gasteiger partial charge is 0.223 e. The maximum atomic E-state index is 13.3. The van der Waals surface area contributed by atoms with E-state index in [0.29, 0.717) is 44.2 Å². The van der Waals surface area contributed by atoms with Gasteiger partial charge in [0.2, 0.25) is 5.91 Å². The first kappa shape index (κ1) is 21.2.